The van der Waals surface area contributed by atoms with Crippen LogP contribution in [-0.2, 0) is 16.6 Å². The highest BCUT2D eigenvalue weighted by molar-refractivity contribution is 7.89. The molecule has 0 heterocycles. The molecule has 142 valence electrons. The summed E-state index contributed by atoms with van der Waals surface area (Å²) in [4.78, 5) is 23.9. The van der Waals surface area contributed by atoms with Crippen molar-refractivity contribution in [1.82, 2.24) is 15.4 Å². The van der Waals surface area contributed by atoms with E-state index >= 15 is 0 Å². The third-order valence-corrected chi connectivity index (χ3v) is 5.76. The van der Waals surface area contributed by atoms with E-state index in [0.29, 0.717) is 17.7 Å². The van der Waals surface area contributed by atoms with E-state index < -0.39 is 10.0 Å². The Balaban J connectivity index is 1.58. The average molecular weight is 387 g/mol. The van der Waals surface area contributed by atoms with Gasteiger partial charge in [0.25, 0.3) is 11.8 Å². The van der Waals surface area contributed by atoms with E-state index in [2.05, 4.69) is 15.4 Å². The van der Waals surface area contributed by atoms with Crippen molar-refractivity contribution in [3.05, 3.63) is 65.2 Å². The molecule has 0 spiro atoms. The molecule has 1 aliphatic carbocycles. The van der Waals surface area contributed by atoms with Gasteiger partial charge < -0.3 is 10.6 Å². The Morgan fingerprint density at radius 2 is 1.48 bits per heavy atom. The first-order valence-corrected chi connectivity index (χ1v) is 10.1. The lowest BCUT2D eigenvalue weighted by Crippen LogP contribution is -2.26. The molecule has 0 aliphatic heterocycles. The fourth-order valence-corrected chi connectivity index (χ4v) is 3.78. The molecule has 0 aromatic heterocycles. The number of rotatable bonds is 7. The SMILES string of the molecule is CNC(=O)c1ccc(CNC(=O)c2ccc(S(=O)(=O)NC3CC3)cc2)cc1. The number of nitrogens with one attached hydrogen (secondary N) is 3. The molecule has 0 unspecified atom stereocenters. The second kappa shape index (κ2) is 7.89. The molecule has 1 aliphatic rings. The fraction of sp³-hybridized carbons (Fsp3) is 0.263. The summed E-state index contributed by atoms with van der Waals surface area (Å²) >= 11 is 0. The summed E-state index contributed by atoms with van der Waals surface area (Å²) in [5, 5.41) is 5.32. The van der Waals surface area contributed by atoms with Gasteiger partial charge in [0.1, 0.15) is 0 Å². The first-order chi connectivity index (χ1) is 12.9. The smallest absolute Gasteiger partial charge is 0.251 e. The molecular formula is C19H21N3O4S. The number of amides is 2. The van der Waals surface area contributed by atoms with Crippen molar-refractivity contribution in [3.8, 4) is 0 Å². The summed E-state index contributed by atoms with van der Waals surface area (Å²) in [6.45, 7) is 0.302. The van der Waals surface area contributed by atoms with Gasteiger partial charge in [-0.1, -0.05) is 12.1 Å². The number of carbonyl (C=O) groups is 2. The highest BCUT2D eigenvalue weighted by Gasteiger charge is 2.27. The maximum atomic E-state index is 12.2. The predicted molar refractivity (Wildman–Crippen MR) is 101 cm³/mol. The molecule has 2 aromatic rings. The minimum atomic E-state index is -3.52. The quantitative estimate of drug-likeness (QED) is 0.668. The van der Waals surface area contributed by atoms with Gasteiger partial charge in [0, 0.05) is 30.8 Å². The van der Waals surface area contributed by atoms with Crippen LogP contribution in [0.4, 0.5) is 0 Å². The van der Waals surface area contributed by atoms with E-state index in [9.17, 15) is 18.0 Å². The van der Waals surface area contributed by atoms with Crippen molar-refractivity contribution >= 4 is 21.8 Å². The van der Waals surface area contributed by atoms with Crippen molar-refractivity contribution in [2.45, 2.75) is 30.3 Å². The first-order valence-electron chi connectivity index (χ1n) is 8.60. The minimum absolute atomic E-state index is 0.0350. The van der Waals surface area contributed by atoms with Gasteiger partial charge in [-0.15, -0.1) is 0 Å². The van der Waals surface area contributed by atoms with Crippen LogP contribution in [0.5, 0.6) is 0 Å². The highest BCUT2D eigenvalue weighted by atomic mass is 32.2. The molecule has 1 fully saturated rings. The number of benzene rings is 2. The van der Waals surface area contributed by atoms with E-state index in [4.69, 9.17) is 0 Å². The zero-order chi connectivity index (χ0) is 19.4. The molecule has 3 rings (SSSR count). The standard InChI is InChI=1S/C19H21N3O4S/c1-20-18(23)14-4-2-13(3-5-14)12-21-19(24)15-6-10-17(11-7-15)27(25,26)22-16-8-9-16/h2-7,10-11,16,22H,8-9,12H2,1H3,(H,20,23)(H,21,24). The maximum absolute atomic E-state index is 12.2. The van der Waals surface area contributed by atoms with E-state index in [1.807, 2.05) is 0 Å². The normalized spacial score (nSPS) is 13.8. The number of hydrogen-bond donors (Lipinski definition) is 3. The minimum Gasteiger partial charge on any atom is -0.355 e. The van der Waals surface area contributed by atoms with Crippen LogP contribution in [0, 0.1) is 0 Å². The molecule has 0 bridgehead atoms. The molecule has 7 nitrogen and oxygen atoms in total. The van der Waals surface area contributed by atoms with E-state index in [1.165, 1.54) is 24.3 Å². The second-order valence-corrected chi connectivity index (χ2v) is 8.09. The van der Waals surface area contributed by atoms with Crippen LogP contribution >= 0.6 is 0 Å². The van der Waals surface area contributed by atoms with Crippen LogP contribution in [0.1, 0.15) is 39.1 Å². The van der Waals surface area contributed by atoms with Crippen molar-refractivity contribution < 1.29 is 18.0 Å². The average Bonchev–Trinajstić information content (AvgIpc) is 3.49. The van der Waals surface area contributed by atoms with Crippen molar-refractivity contribution in [1.29, 1.82) is 0 Å². The Bertz CT molecular complexity index is 934. The van der Waals surface area contributed by atoms with Crippen LogP contribution in [-0.4, -0.2) is 33.3 Å². The molecular weight excluding hydrogens is 366 g/mol. The number of carbonyl (C=O) groups excluding carboxylic acids is 2. The van der Waals surface area contributed by atoms with E-state index in [-0.39, 0.29) is 22.8 Å². The van der Waals surface area contributed by atoms with Gasteiger partial charge in [0.05, 0.1) is 4.90 Å². The Labute approximate surface area is 158 Å². The Morgan fingerprint density at radius 3 is 2.04 bits per heavy atom. The largest absolute Gasteiger partial charge is 0.355 e. The van der Waals surface area contributed by atoms with Gasteiger partial charge >= 0.3 is 0 Å². The third kappa shape index (κ3) is 4.93. The van der Waals surface area contributed by atoms with Crippen molar-refractivity contribution in [2.75, 3.05) is 7.05 Å². The first kappa shape index (κ1) is 19.1. The van der Waals surface area contributed by atoms with Crippen molar-refractivity contribution in [3.63, 3.8) is 0 Å². The van der Waals surface area contributed by atoms with Crippen LogP contribution in [0.2, 0.25) is 0 Å². The lowest BCUT2D eigenvalue weighted by Gasteiger charge is -2.08. The Kier molecular flexibility index (Phi) is 5.57. The Morgan fingerprint density at radius 1 is 0.926 bits per heavy atom. The predicted octanol–water partition coefficient (Wildman–Crippen LogP) is 1.42. The van der Waals surface area contributed by atoms with E-state index in [0.717, 1.165) is 18.4 Å². The van der Waals surface area contributed by atoms with Crippen LogP contribution in [0.3, 0.4) is 0 Å². The molecule has 0 radical (unpaired) electrons. The number of hydrogen-bond acceptors (Lipinski definition) is 4. The zero-order valence-electron chi connectivity index (χ0n) is 14.9. The summed E-state index contributed by atoms with van der Waals surface area (Å²) < 4.78 is 26.9. The summed E-state index contributed by atoms with van der Waals surface area (Å²) in [5.41, 5.74) is 1.77. The lowest BCUT2D eigenvalue weighted by molar-refractivity contribution is 0.0946. The molecule has 0 saturated heterocycles. The number of sulfonamides is 1. The van der Waals surface area contributed by atoms with Gasteiger partial charge in [0.2, 0.25) is 10.0 Å². The summed E-state index contributed by atoms with van der Waals surface area (Å²) in [7, 11) is -1.96. The molecule has 0 atom stereocenters. The van der Waals surface area contributed by atoms with Crippen LogP contribution in [0.15, 0.2) is 53.4 Å². The van der Waals surface area contributed by atoms with Gasteiger partial charge in [-0.25, -0.2) is 13.1 Å². The molecule has 1 saturated carbocycles. The third-order valence-electron chi connectivity index (χ3n) is 4.22. The Hall–Kier alpha value is -2.71. The molecule has 2 aromatic carbocycles. The van der Waals surface area contributed by atoms with Crippen molar-refractivity contribution in [2.24, 2.45) is 0 Å². The second-order valence-electron chi connectivity index (χ2n) is 6.38. The topological polar surface area (TPSA) is 104 Å². The van der Waals surface area contributed by atoms with E-state index in [1.54, 1.807) is 31.3 Å². The maximum Gasteiger partial charge on any atom is 0.251 e. The molecule has 3 N–H and O–H groups in total. The van der Waals surface area contributed by atoms with Gasteiger partial charge in [0.15, 0.2) is 0 Å². The lowest BCUT2D eigenvalue weighted by atomic mass is 10.1. The molecule has 2 amide bonds. The summed E-state index contributed by atoms with van der Waals surface area (Å²) in [6.07, 6.45) is 1.73. The molecule has 27 heavy (non-hydrogen) atoms. The van der Waals surface area contributed by atoms with Gasteiger partial charge in [-0.2, -0.15) is 0 Å². The van der Waals surface area contributed by atoms with Crippen LogP contribution in [0.25, 0.3) is 0 Å². The fourth-order valence-electron chi connectivity index (χ4n) is 2.48. The summed E-state index contributed by atoms with van der Waals surface area (Å²) in [5.74, 6) is -0.471. The summed E-state index contributed by atoms with van der Waals surface area (Å²) in [6, 6.07) is 12.8. The van der Waals surface area contributed by atoms with Gasteiger partial charge in [-0.3, -0.25) is 9.59 Å². The molecule has 8 heteroatoms. The monoisotopic (exact) mass is 387 g/mol. The highest BCUT2D eigenvalue weighted by Crippen LogP contribution is 2.22. The van der Waals surface area contributed by atoms with Gasteiger partial charge in [-0.05, 0) is 54.8 Å². The van der Waals surface area contributed by atoms with Crippen LogP contribution < -0.4 is 15.4 Å². The zero-order valence-corrected chi connectivity index (χ0v) is 15.7.